The largest absolute Gasteiger partial charge is 0.456 e. The molecule has 30 heavy (non-hydrogen) atoms. The number of nitriles is 2. The third-order valence-corrected chi connectivity index (χ3v) is 5.28. The fraction of sp³-hybridized carbons (Fsp3) is 0. The van der Waals surface area contributed by atoms with Gasteiger partial charge in [-0.25, -0.2) is 4.39 Å². The van der Waals surface area contributed by atoms with Gasteiger partial charge in [0.2, 0.25) is 0 Å². The van der Waals surface area contributed by atoms with Crippen molar-refractivity contribution in [2.24, 2.45) is 0 Å². The van der Waals surface area contributed by atoms with Crippen LogP contribution in [0.3, 0.4) is 0 Å². The zero-order valence-electron chi connectivity index (χ0n) is 15.5. The Labute approximate surface area is 180 Å². The molecule has 0 aliphatic rings. The Hall–Kier alpha value is -3.87. The van der Waals surface area contributed by atoms with Crippen molar-refractivity contribution in [1.82, 2.24) is 0 Å². The van der Waals surface area contributed by atoms with Crippen molar-refractivity contribution in [2.75, 3.05) is 5.73 Å². The van der Waals surface area contributed by atoms with Crippen LogP contribution in [0.5, 0.6) is 0 Å². The second-order valence-electron chi connectivity index (χ2n) is 6.51. The average molecular weight is 458 g/mol. The van der Waals surface area contributed by atoms with Gasteiger partial charge >= 0.3 is 0 Å². The fourth-order valence-corrected chi connectivity index (χ4v) is 3.55. The Kier molecular flexibility index (Phi) is 5.10. The summed E-state index contributed by atoms with van der Waals surface area (Å²) in [6, 6.07) is 22.9. The molecule has 0 saturated heterocycles. The normalized spacial score (nSPS) is 10.4. The van der Waals surface area contributed by atoms with E-state index in [9.17, 15) is 14.9 Å². The molecule has 0 fully saturated rings. The first-order valence-corrected chi connectivity index (χ1v) is 9.70. The van der Waals surface area contributed by atoms with E-state index in [4.69, 9.17) is 10.2 Å². The molecule has 0 aliphatic carbocycles. The Morgan fingerprint density at radius 1 is 0.800 bits per heavy atom. The molecular formula is C24H13BrFN3O. The zero-order valence-corrected chi connectivity index (χ0v) is 17.1. The van der Waals surface area contributed by atoms with E-state index in [2.05, 4.69) is 28.1 Å². The highest BCUT2D eigenvalue weighted by Gasteiger charge is 2.21. The van der Waals surface area contributed by atoms with E-state index < -0.39 is 5.82 Å². The summed E-state index contributed by atoms with van der Waals surface area (Å²) in [6.07, 6.45) is 0. The molecule has 144 valence electrons. The van der Waals surface area contributed by atoms with Gasteiger partial charge in [0.25, 0.3) is 0 Å². The number of nitrogen functional groups attached to an aromatic ring is 1. The molecule has 0 saturated carbocycles. The summed E-state index contributed by atoms with van der Waals surface area (Å²) in [5, 5.41) is 19.4. The summed E-state index contributed by atoms with van der Waals surface area (Å²) in [5.41, 5.74) is 8.75. The van der Waals surface area contributed by atoms with Crippen LogP contribution in [0.2, 0.25) is 0 Å². The smallest absolute Gasteiger partial charge is 0.137 e. The molecule has 0 radical (unpaired) electrons. The molecule has 4 aromatic rings. The maximum absolute atomic E-state index is 14.1. The predicted octanol–water partition coefficient (Wildman–Crippen LogP) is 6.51. The van der Waals surface area contributed by atoms with Crippen molar-refractivity contribution >= 4 is 21.6 Å². The van der Waals surface area contributed by atoms with Crippen LogP contribution in [0.4, 0.5) is 10.1 Å². The molecule has 1 aromatic heterocycles. The van der Waals surface area contributed by atoms with Crippen LogP contribution in [-0.2, 0) is 0 Å². The Morgan fingerprint density at radius 3 is 2.03 bits per heavy atom. The monoisotopic (exact) mass is 457 g/mol. The third-order valence-electron chi connectivity index (χ3n) is 4.76. The second-order valence-corrected chi connectivity index (χ2v) is 7.43. The van der Waals surface area contributed by atoms with Crippen molar-refractivity contribution in [1.29, 1.82) is 10.5 Å². The van der Waals surface area contributed by atoms with E-state index in [-0.39, 0.29) is 16.8 Å². The molecule has 2 N–H and O–H groups in total. The quantitative estimate of drug-likeness (QED) is 0.355. The van der Waals surface area contributed by atoms with Gasteiger partial charge in [0, 0.05) is 15.6 Å². The van der Waals surface area contributed by atoms with Crippen molar-refractivity contribution in [3.05, 3.63) is 88.1 Å². The van der Waals surface area contributed by atoms with Crippen LogP contribution in [0.15, 0.2) is 75.6 Å². The molecule has 0 unspecified atom stereocenters. The molecule has 0 bridgehead atoms. The van der Waals surface area contributed by atoms with Crippen molar-refractivity contribution in [3.8, 4) is 45.9 Å². The number of hydrogen-bond acceptors (Lipinski definition) is 4. The summed E-state index contributed by atoms with van der Waals surface area (Å²) in [4.78, 5) is 0. The number of nitrogens with two attached hydrogens (primary N) is 1. The highest BCUT2D eigenvalue weighted by molar-refractivity contribution is 9.10. The first-order valence-electron chi connectivity index (χ1n) is 8.91. The van der Waals surface area contributed by atoms with Gasteiger partial charge in [0.15, 0.2) is 0 Å². The van der Waals surface area contributed by atoms with Crippen LogP contribution < -0.4 is 5.73 Å². The lowest BCUT2D eigenvalue weighted by Gasteiger charge is -2.12. The van der Waals surface area contributed by atoms with E-state index in [1.165, 1.54) is 6.07 Å². The van der Waals surface area contributed by atoms with Crippen molar-refractivity contribution in [2.45, 2.75) is 0 Å². The summed E-state index contributed by atoms with van der Waals surface area (Å²) in [5.74, 6) is 0.285. The van der Waals surface area contributed by atoms with E-state index in [1.807, 2.05) is 24.3 Å². The third kappa shape index (κ3) is 3.34. The van der Waals surface area contributed by atoms with Crippen LogP contribution in [-0.4, -0.2) is 0 Å². The Balaban J connectivity index is 1.93. The van der Waals surface area contributed by atoms with Crippen molar-refractivity contribution < 1.29 is 8.81 Å². The molecule has 0 amide bonds. The summed E-state index contributed by atoms with van der Waals surface area (Å²) in [7, 11) is 0. The first kappa shape index (κ1) is 19.4. The molecule has 4 rings (SSSR count). The number of nitrogens with zero attached hydrogens (tertiary/aromatic N) is 2. The Morgan fingerprint density at radius 2 is 1.40 bits per heavy atom. The number of rotatable bonds is 3. The van der Waals surface area contributed by atoms with Gasteiger partial charge in [-0.05, 0) is 48.0 Å². The highest BCUT2D eigenvalue weighted by Crippen LogP contribution is 2.39. The van der Waals surface area contributed by atoms with Crippen LogP contribution >= 0.6 is 15.9 Å². The van der Waals surface area contributed by atoms with Gasteiger partial charge in [-0.2, -0.15) is 10.5 Å². The van der Waals surface area contributed by atoms with Crippen LogP contribution in [0.1, 0.15) is 11.1 Å². The minimum absolute atomic E-state index is 0.0826. The molecule has 0 atom stereocenters. The lowest BCUT2D eigenvalue weighted by Crippen LogP contribution is -2.00. The number of benzene rings is 3. The van der Waals surface area contributed by atoms with E-state index >= 15 is 0 Å². The first-order chi connectivity index (χ1) is 14.5. The maximum atomic E-state index is 14.1. The van der Waals surface area contributed by atoms with Crippen LogP contribution in [0, 0.1) is 28.5 Å². The van der Waals surface area contributed by atoms with Gasteiger partial charge in [-0.1, -0.05) is 40.2 Å². The van der Waals surface area contributed by atoms with E-state index in [1.54, 1.807) is 36.4 Å². The lowest BCUT2D eigenvalue weighted by molar-refractivity contribution is 0.581. The van der Waals surface area contributed by atoms with Gasteiger partial charge in [0.1, 0.15) is 29.5 Å². The molecular weight excluding hydrogens is 445 g/mol. The van der Waals surface area contributed by atoms with Gasteiger partial charge in [-0.15, -0.1) is 0 Å². The molecule has 1 heterocycles. The predicted molar refractivity (Wildman–Crippen MR) is 117 cm³/mol. The van der Waals surface area contributed by atoms with E-state index in [0.29, 0.717) is 28.2 Å². The number of hydrogen-bond donors (Lipinski definition) is 1. The topological polar surface area (TPSA) is 86.7 Å². The standard InChI is InChI=1S/C24H13BrFN3O/c25-15-7-5-14(6-8-15)17-11-18(20(13-28)24(29)19(17)12-27)23-10-9-22(30-23)16-3-1-2-4-21(16)26/h1-11H,29H2. The van der Waals surface area contributed by atoms with Gasteiger partial charge < -0.3 is 10.2 Å². The summed E-state index contributed by atoms with van der Waals surface area (Å²) < 4.78 is 20.9. The fourth-order valence-electron chi connectivity index (χ4n) is 3.28. The number of anilines is 1. The Bertz CT molecular complexity index is 1340. The molecule has 4 nitrogen and oxygen atoms in total. The minimum Gasteiger partial charge on any atom is -0.456 e. The molecule has 0 aliphatic heterocycles. The number of halogens is 2. The molecule has 3 aromatic carbocycles. The average Bonchev–Trinajstić information content (AvgIpc) is 3.24. The molecule has 0 spiro atoms. The van der Waals surface area contributed by atoms with E-state index in [0.717, 1.165) is 10.0 Å². The van der Waals surface area contributed by atoms with Crippen LogP contribution in [0.25, 0.3) is 33.8 Å². The number of furan rings is 1. The van der Waals surface area contributed by atoms with Gasteiger partial charge in [0.05, 0.1) is 22.4 Å². The lowest BCUT2D eigenvalue weighted by atomic mass is 9.91. The summed E-state index contributed by atoms with van der Waals surface area (Å²) >= 11 is 3.39. The maximum Gasteiger partial charge on any atom is 0.137 e. The molecule has 6 heteroatoms. The van der Waals surface area contributed by atoms with Crippen molar-refractivity contribution in [3.63, 3.8) is 0 Å². The van der Waals surface area contributed by atoms with Gasteiger partial charge in [-0.3, -0.25) is 0 Å². The summed E-state index contributed by atoms with van der Waals surface area (Å²) in [6.45, 7) is 0. The minimum atomic E-state index is -0.409. The zero-order chi connectivity index (χ0) is 21.3. The second kappa shape index (κ2) is 7.87. The SMILES string of the molecule is N#Cc1c(-c2ccc(Br)cc2)cc(-c2ccc(-c3ccccc3F)o2)c(C#N)c1N. The highest BCUT2D eigenvalue weighted by atomic mass is 79.9.